The highest BCUT2D eigenvalue weighted by Crippen LogP contribution is 2.31. The van der Waals surface area contributed by atoms with Gasteiger partial charge in [0.2, 0.25) is 0 Å². The lowest BCUT2D eigenvalue weighted by Crippen LogP contribution is -2.41. The van der Waals surface area contributed by atoms with Gasteiger partial charge in [0.25, 0.3) is 5.91 Å². The van der Waals surface area contributed by atoms with Gasteiger partial charge in [-0.25, -0.2) is 9.97 Å². The van der Waals surface area contributed by atoms with Crippen LogP contribution in [0.25, 0.3) is 21.7 Å². The summed E-state index contributed by atoms with van der Waals surface area (Å²) >= 11 is 1.41. The van der Waals surface area contributed by atoms with Crippen molar-refractivity contribution >= 4 is 34.2 Å². The van der Waals surface area contributed by atoms with E-state index in [0.717, 1.165) is 24.4 Å². The van der Waals surface area contributed by atoms with Crippen molar-refractivity contribution in [3.8, 4) is 10.6 Å². The molecule has 1 saturated heterocycles. The number of nitrogens with one attached hydrogen (secondary N) is 1. The Morgan fingerprint density at radius 3 is 2.65 bits per heavy atom. The van der Waals surface area contributed by atoms with E-state index < -0.39 is 5.41 Å². The van der Waals surface area contributed by atoms with E-state index in [1.54, 1.807) is 12.4 Å². The van der Waals surface area contributed by atoms with E-state index in [1.807, 2.05) is 37.8 Å². The first-order chi connectivity index (χ1) is 12.3. The Morgan fingerprint density at radius 2 is 2.00 bits per heavy atom. The fourth-order valence-corrected chi connectivity index (χ4v) is 3.78. The second-order valence-electron chi connectivity index (χ2n) is 7.54. The number of hydrogen-bond acceptors (Lipinski definition) is 5. The zero-order valence-electron chi connectivity index (χ0n) is 15.0. The molecule has 0 spiro atoms. The third-order valence-corrected chi connectivity index (χ3v) is 5.61. The van der Waals surface area contributed by atoms with Crippen molar-refractivity contribution in [2.24, 2.45) is 5.41 Å². The Balaban J connectivity index is 1.70. The minimum atomic E-state index is -0.494. The van der Waals surface area contributed by atoms with E-state index in [1.165, 1.54) is 11.3 Å². The molecule has 0 atom stereocenters. The summed E-state index contributed by atoms with van der Waals surface area (Å²) in [6.07, 6.45) is 4.42. The molecule has 0 aromatic carbocycles. The standard InChI is InChI=1S/C19H20N4O2S/c1-19(2,3)16(24)11-9-20-17-15(11)22-12(10-21-17)13-5-6-14(26-13)18(25)23-7-4-8-23/h5-6,9-10H,4,7-8H2,1-3H3,(H,20,21). The van der Waals surface area contributed by atoms with Gasteiger partial charge >= 0.3 is 0 Å². The number of ketones is 1. The molecule has 1 N–H and O–H groups in total. The van der Waals surface area contributed by atoms with Crippen molar-refractivity contribution in [3.05, 3.63) is 35.0 Å². The summed E-state index contributed by atoms with van der Waals surface area (Å²) in [5.74, 6) is 0.0989. The average molecular weight is 368 g/mol. The Labute approximate surface area is 155 Å². The molecule has 1 aliphatic heterocycles. The van der Waals surface area contributed by atoms with Crippen LogP contribution in [0.2, 0.25) is 0 Å². The summed E-state index contributed by atoms with van der Waals surface area (Å²) in [4.78, 5) is 40.5. The monoisotopic (exact) mass is 368 g/mol. The van der Waals surface area contributed by atoms with E-state index in [2.05, 4.69) is 15.0 Å². The van der Waals surface area contributed by atoms with Gasteiger partial charge in [0.1, 0.15) is 5.52 Å². The topological polar surface area (TPSA) is 79.0 Å². The second kappa shape index (κ2) is 6.02. The van der Waals surface area contributed by atoms with Crippen LogP contribution < -0.4 is 0 Å². The molecule has 0 saturated carbocycles. The van der Waals surface area contributed by atoms with E-state index in [0.29, 0.717) is 27.3 Å². The summed E-state index contributed by atoms with van der Waals surface area (Å²) < 4.78 is 0. The number of carbonyl (C=O) groups is 2. The van der Waals surface area contributed by atoms with Crippen molar-refractivity contribution in [1.29, 1.82) is 0 Å². The number of carbonyl (C=O) groups excluding carboxylic acids is 2. The molecule has 3 aromatic rings. The predicted molar refractivity (Wildman–Crippen MR) is 102 cm³/mol. The molecule has 134 valence electrons. The molecule has 6 nitrogen and oxygen atoms in total. The maximum absolute atomic E-state index is 12.7. The summed E-state index contributed by atoms with van der Waals surface area (Å²) in [6, 6.07) is 3.73. The van der Waals surface area contributed by atoms with Crippen molar-refractivity contribution in [2.45, 2.75) is 27.2 Å². The third kappa shape index (κ3) is 2.82. The summed E-state index contributed by atoms with van der Waals surface area (Å²) in [5, 5.41) is 0. The van der Waals surface area contributed by atoms with Crippen LogP contribution >= 0.6 is 11.3 Å². The number of Topliss-reactive ketones (excluding diaryl/α,β-unsaturated/α-hetero) is 1. The highest BCUT2D eigenvalue weighted by molar-refractivity contribution is 7.17. The Morgan fingerprint density at radius 1 is 1.23 bits per heavy atom. The lowest BCUT2D eigenvalue weighted by Gasteiger charge is -2.30. The quantitative estimate of drug-likeness (QED) is 0.714. The van der Waals surface area contributed by atoms with Gasteiger partial charge in [-0.3, -0.25) is 9.59 Å². The first-order valence-corrected chi connectivity index (χ1v) is 9.44. The fourth-order valence-electron chi connectivity index (χ4n) is 2.85. The molecule has 4 heterocycles. The number of H-pyrrole nitrogens is 1. The zero-order valence-corrected chi connectivity index (χ0v) is 15.8. The third-order valence-electron chi connectivity index (χ3n) is 4.52. The van der Waals surface area contributed by atoms with Crippen molar-refractivity contribution < 1.29 is 9.59 Å². The molecule has 26 heavy (non-hydrogen) atoms. The molecule has 1 aliphatic rings. The van der Waals surface area contributed by atoms with E-state index in [4.69, 9.17) is 0 Å². The van der Waals surface area contributed by atoms with E-state index in [9.17, 15) is 9.59 Å². The minimum absolute atomic E-state index is 0.0232. The van der Waals surface area contributed by atoms with Crippen LogP contribution in [-0.2, 0) is 0 Å². The molecular formula is C19H20N4O2S. The lowest BCUT2D eigenvalue weighted by molar-refractivity contribution is 0.0656. The first kappa shape index (κ1) is 16.9. The van der Waals surface area contributed by atoms with Gasteiger partial charge in [0.05, 0.1) is 27.2 Å². The smallest absolute Gasteiger partial charge is 0.263 e. The van der Waals surface area contributed by atoms with Crippen LogP contribution in [0.4, 0.5) is 0 Å². The number of amides is 1. The number of rotatable bonds is 3. The van der Waals surface area contributed by atoms with Crippen LogP contribution in [-0.4, -0.2) is 44.6 Å². The Hall–Kier alpha value is -2.54. The number of hydrogen-bond donors (Lipinski definition) is 1. The van der Waals surface area contributed by atoms with Gasteiger partial charge < -0.3 is 9.88 Å². The molecule has 7 heteroatoms. The SMILES string of the molecule is CC(C)(C)C(=O)c1c[nH]c2ncc(-c3ccc(C(=O)N4CCC4)s3)nc12. The number of aromatic nitrogens is 3. The number of aromatic amines is 1. The fraction of sp³-hybridized carbons (Fsp3) is 0.368. The van der Waals surface area contributed by atoms with Crippen LogP contribution in [0, 0.1) is 5.41 Å². The second-order valence-corrected chi connectivity index (χ2v) is 8.63. The number of fused-ring (bicyclic) bond motifs is 1. The highest BCUT2D eigenvalue weighted by atomic mass is 32.1. The van der Waals surface area contributed by atoms with Crippen molar-refractivity contribution in [1.82, 2.24) is 19.9 Å². The van der Waals surface area contributed by atoms with Gasteiger partial charge in [0.15, 0.2) is 11.4 Å². The molecular weight excluding hydrogens is 348 g/mol. The molecule has 0 bridgehead atoms. The lowest BCUT2D eigenvalue weighted by atomic mass is 9.87. The number of nitrogens with zero attached hydrogens (tertiary/aromatic N) is 3. The molecule has 1 amide bonds. The van der Waals surface area contributed by atoms with E-state index >= 15 is 0 Å². The van der Waals surface area contributed by atoms with Gasteiger partial charge in [-0.05, 0) is 18.6 Å². The largest absolute Gasteiger partial charge is 0.344 e. The summed E-state index contributed by atoms with van der Waals surface area (Å²) in [5.41, 5.74) is 1.90. The van der Waals surface area contributed by atoms with Crippen molar-refractivity contribution in [3.63, 3.8) is 0 Å². The summed E-state index contributed by atoms with van der Waals surface area (Å²) in [7, 11) is 0. The van der Waals surface area contributed by atoms with Crippen LogP contribution in [0.5, 0.6) is 0 Å². The normalized spacial score (nSPS) is 14.5. The Bertz CT molecular complexity index is 1010. The number of likely N-dealkylation sites (tertiary alicyclic amines) is 1. The molecule has 0 radical (unpaired) electrons. The van der Waals surface area contributed by atoms with Gasteiger partial charge in [-0.15, -0.1) is 11.3 Å². The molecule has 4 rings (SSSR count). The van der Waals surface area contributed by atoms with Gasteiger partial charge in [-0.1, -0.05) is 20.8 Å². The zero-order chi connectivity index (χ0) is 18.5. The molecule has 1 fully saturated rings. The number of thiophene rings is 1. The average Bonchev–Trinajstić information content (AvgIpc) is 3.18. The minimum Gasteiger partial charge on any atom is -0.344 e. The molecule has 0 unspecified atom stereocenters. The first-order valence-electron chi connectivity index (χ1n) is 8.63. The highest BCUT2D eigenvalue weighted by Gasteiger charge is 2.27. The molecule has 0 aliphatic carbocycles. The molecule has 3 aromatic heterocycles. The Kier molecular flexibility index (Phi) is 3.91. The van der Waals surface area contributed by atoms with Crippen LogP contribution in [0.1, 0.15) is 47.2 Å². The van der Waals surface area contributed by atoms with Gasteiger partial charge in [0, 0.05) is 24.7 Å². The maximum Gasteiger partial charge on any atom is 0.263 e. The summed E-state index contributed by atoms with van der Waals surface area (Å²) in [6.45, 7) is 7.33. The van der Waals surface area contributed by atoms with Crippen molar-refractivity contribution in [2.75, 3.05) is 13.1 Å². The van der Waals surface area contributed by atoms with Crippen LogP contribution in [0.15, 0.2) is 24.5 Å². The van der Waals surface area contributed by atoms with Gasteiger partial charge in [-0.2, -0.15) is 0 Å². The predicted octanol–water partition coefficient (Wildman–Crippen LogP) is 3.76. The van der Waals surface area contributed by atoms with E-state index in [-0.39, 0.29) is 11.7 Å². The maximum atomic E-state index is 12.7. The van der Waals surface area contributed by atoms with Crippen LogP contribution in [0.3, 0.4) is 0 Å².